The van der Waals surface area contributed by atoms with Crippen LogP contribution in [-0.4, -0.2) is 55.0 Å². The van der Waals surface area contributed by atoms with Gasteiger partial charge in [0.1, 0.15) is 6.04 Å². The Hall–Kier alpha value is -2.66. The minimum Gasteiger partial charge on any atom is -0.383 e. The van der Waals surface area contributed by atoms with Crippen LogP contribution in [-0.2, 0) is 27.2 Å². The molecule has 158 valence electrons. The molecule has 0 bridgehead atoms. The molecule has 2 heterocycles. The maximum atomic E-state index is 13.6. The third-order valence-electron chi connectivity index (χ3n) is 6.39. The van der Waals surface area contributed by atoms with E-state index in [1.165, 1.54) is 5.56 Å². The summed E-state index contributed by atoms with van der Waals surface area (Å²) in [5, 5.41) is 0. The molecule has 1 saturated heterocycles. The molecular weight excluding hydrogens is 376 g/mol. The lowest BCUT2D eigenvalue weighted by Gasteiger charge is -2.40. The average molecular weight is 407 g/mol. The van der Waals surface area contributed by atoms with Gasteiger partial charge in [-0.1, -0.05) is 54.6 Å². The first-order valence-corrected chi connectivity index (χ1v) is 10.9. The molecule has 2 amide bonds. The van der Waals surface area contributed by atoms with E-state index in [0.29, 0.717) is 25.5 Å². The predicted molar refractivity (Wildman–Crippen MR) is 116 cm³/mol. The van der Waals surface area contributed by atoms with Crippen molar-refractivity contribution in [2.24, 2.45) is 5.92 Å². The highest BCUT2D eigenvalue weighted by atomic mass is 16.5. The summed E-state index contributed by atoms with van der Waals surface area (Å²) >= 11 is 0. The summed E-state index contributed by atoms with van der Waals surface area (Å²) in [4.78, 5) is 30.1. The average Bonchev–Trinajstić information content (AvgIpc) is 2.78. The van der Waals surface area contributed by atoms with E-state index in [2.05, 4.69) is 24.3 Å². The number of nitrogens with zero attached hydrogens (tertiary/aromatic N) is 2. The summed E-state index contributed by atoms with van der Waals surface area (Å²) in [6, 6.07) is 17.9. The number of hydrogen-bond donors (Lipinski definition) is 0. The number of methoxy groups -OCH3 is 1. The van der Waals surface area contributed by atoms with E-state index >= 15 is 0 Å². The molecule has 2 aromatic carbocycles. The van der Waals surface area contributed by atoms with Crippen LogP contribution in [0.15, 0.2) is 54.6 Å². The summed E-state index contributed by atoms with van der Waals surface area (Å²) < 4.78 is 5.21. The van der Waals surface area contributed by atoms with Crippen molar-refractivity contribution in [1.82, 2.24) is 9.80 Å². The normalized spacial score (nSPS) is 19.6. The Morgan fingerprint density at radius 1 is 1.03 bits per heavy atom. The molecule has 2 aliphatic heterocycles. The zero-order valence-electron chi connectivity index (χ0n) is 17.6. The summed E-state index contributed by atoms with van der Waals surface area (Å²) in [5.74, 6) is 0.647. The van der Waals surface area contributed by atoms with Gasteiger partial charge in [0.05, 0.1) is 13.0 Å². The van der Waals surface area contributed by atoms with Crippen LogP contribution in [0.5, 0.6) is 0 Å². The Bertz CT molecular complexity index is 875. The zero-order valence-corrected chi connectivity index (χ0v) is 17.6. The van der Waals surface area contributed by atoms with Crippen LogP contribution in [0, 0.1) is 5.92 Å². The van der Waals surface area contributed by atoms with Gasteiger partial charge in [0.2, 0.25) is 11.8 Å². The Balaban J connectivity index is 1.47. The molecule has 0 aliphatic carbocycles. The van der Waals surface area contributed by atoms with Gasteiger partial charge in [0.15, 0.2) is 0 Å². The first-order valence-electron chi connectivity index (χ1n) is 10.9. The van der Waals surface area contributed by atoms with E-state index in [4.69, 9.17) is 4.74 Å². The molecular formula is C25H30N2O3. The van der Waals surface area contributed by atoms with Crippen molar-refractivity contribution >= 4 is 11.8 Å². The van der Waals surface area contributed by atoms with E-state index in [-0.39, 0.29) is 11.8 Å². The van der Waals surface area contributed by atoms with Crippen LogP contribution < -0.4 is 0 Å². The van der Waals surface area contributed by atoms with E-state index in [9.17, 15) is 9.59 Å². The molecule has 2 aromatic rings. The lowest BCUT2D eigenvalue weighted by atomic mass is 9.88. The highest BCUT2D eigenvalue weighted by Gasteiger charge is 2.39. The number of likely N-dealkylation sites (tertiary alicyclic amines) is 1. The quantitative estimate of drug-likeness (QED) is 0.740. The maximum Gasteiger partial charge on any atom is 0.250 e. The van der Waals surface area contributed by atoms with Crippen LogP contribution in [0.1, 0.15) is 35.6 Å². The van der Waals surface area contributed by atoms with Gasteiger partial charge in [-0.3, -0.25) is 9.59 Å². The molecule has 30 heavy (non-hydrogen) atoms. The van der Waals surface area contributed by atoms with Gasteiger partial charge in [-0.15, -0.1) is 0 Å². The summed E-state index contributed by atoms with van der Waals surface area (Å²) in [5.41, 5.74) is 3.29. The van der Waals surface area contributed by atoms with Gasteiger partial charge in [-0.05, 0) is 41.9 Å². The molecule has 5 nitrogen and oxygen atoms in total. The highest BCUT2D eigenvalue weighted by molar-refractivity contribution is 5.92. The number of ether oxygens (including phenoxy) is 1. The molecule has 5 heteroatoms. The first kappa shape index (κ1) is 20.6. The van der Waals surface area contributed by atoms with Crippen LogP contribution in [0.4, 0.5) is 0 Å². The van der Waals surface area contributed by atoms with Crippen molar-refractivity contribution in [3.63, 3.8) is 0 Å². The second kappa shape index (κ2) is 9.43. The molecule has 0 spiro atoms. The predicted octanol–water partition coefficient (Wildman–Crippen LogP) is 3.24. The molecule has 4 rings (SSSR count). The minimum atomic E-state index is -0.539. The van der Waals surface area contributed by atoms with Gasteiger partial charge in [0, 0.05) is 26.7 Å². The molecule has 0 radical (unpaired) electrons. The fourth-order valence-corrected chi connectivity index (χ4v) is 4.73. The van der Waals surface area contributed by atoms with E-state index in [1.807, 2.05) is 35.2 Å². The van der Waals surface area contributed by atoms with Gasteiger partial charge in [-0.2, -0.15) is 0 Å². The molecule has 0 N–H and O–H groups in total. The molecule has 1 unspecified atom stereocenters. The van der Waals surface area contributed by atoms with Crippen molar-refractivity contribution < 1.29 is 14.3 Å². The van der Waals surface area contributed by atoms with Gasteiger partial charge in [0.25, 0.3) is 0 Å². The summed E-state index contributed by atoms with van der Waals surface area (Å²) in [6.07, 6.45) is 3.42. The second-order valence-electron chi connectivity index (χ2n) is 8.32. The standard InChI is InChI=1S/C25H30N2O3/c1-30-16-15-27-23(28)18-21-9-5-6-10-22(21)24(27)25(29)26-13-11-20(12-14-26)17-19-7-3-2-4-8-19/h2-10,20,24H,11-18H2,1H3. The van der Waals surface area contributed by atoms with Gasteiger partial charge < -0.3 is 14.5 Å². The number of piperidine rings is 1. The topological polar surface area (TPSA) is 49.9 Å². The summed E-state index contributed by atoms with van der Waals surface area (Å²) in [6.45, 7) is 2.37. The number of rotatable bonds is 6. The number of amides is 2. The van der Waals surface area contributed by atoms with Crippen LogP contribution in [0.3, 0.4) is 0 Å². The zero-order chi connectivity index (χ0) is 20.9. The Morgan fingerprint density at radius 2 is 1.73 bits per heavy atom. The fraction of sp³-hybridized carbons (Fsp3) is 0.440. The molecule has 2 aliphatic rings. The Labute approximate surface area is 178 Å². The molecule has 1 atom stereocenters. The third kappa shape index (κ3) is 4.41. The van der Waals surface area contributed by atoms with Crippen molar-refractivity contribution in [3.05, 3.63) is 71.3 Å². The number of benzene rings is 2. The molecule has 1 fully saturated rings. The Morgan fingerprint density at radius 3 is 2.47 bits per heavy atom. The van der Waals surface area contributed by atoms with Crippen molar-refractivity contribution in [1.29, 1.82) is 0 Å². The second-order valence-corrected chi connectivity index (χ2v) is 8.32. The first-order chi connectivity index (χ1) is 14.7. The van der Waals surface area contributed by atoms with Gasteiger partial charge in [-0.25, -0.2) is 0 Å². The van der Waals surface area contributed by atoms with Crippen LogP contribution in [0.25, 0.3) is 0 Å². The smallest absolute Gasteiger partial charge is 0.250 e. The van der Waals surface area contributed by atoms with Gasteiger partial charge >= 0.3 is 0 Å². The van der Waals surface area contributed by atoms with E-state index in [0.717, 1.165) is 43.5 Å². The van der Waals surface area contributed by atoms with Crippen LogP contribution >= 0.6 is 0 Å². The maximum absolute atomic E-state index is 13.6. The minimum absolute atomic E-state index is 0.00284. The molecule has 0 aromatic heterocycles. The third-order valence-corrected chi connectivity index (χ3v) is 6.39. The largest absolute Gasteiger partial charge is 0.383 e. The fourth-order valence-electron chi connectivity index (χ4n) is 4.73. The number of carbonyl (C=O) groups excluding carboxylic acids is 2. The monoisotopic (exact) mass is 406 g/mol. The number of fused-ring (bicyclic) bond motifs is 1. The van der Waals surface area contributed by atoms with Crippen molar-refractivity contribution in [2.75, 3.05) is 33.4 Å². The Kier molecular flexibility index (Phi) is 6.48. The lowest BCUT2D eigenvalue weighted by Crippen LogP contribution is -2.51. The number of carbonyl (C=O) groups is 2. The highest BCUT2D eigenvalue weighted by Crippen LogP contribution is 2.33. The summed E-state index contributed by atoms with van der Waals surface area (Å²) in [7, 11) is 1.62. The lowest BCUT2D eigenvalue weighted by molar-refractivity contribution is -0.148. The SMILES string of the molecule is COCCN1C(=O)Cc2ccccc2C1C(=O)N1CCC(Cc2ccccc2)CC1. The van der Waals surface area contributed by atoms with E-state index in [1.54, 1.807) is 12.0 Å². The molecule has 0 saturated carbocycles. The van der Waals surface area contributed by atoms with E-state index < -0.39 is 6.04 Å². The van der Waals surface area contributed by atoms with Crippen molar-refractivity contribution in [3.8, 4) is 0 Å². The number of hydrogen-bond acceptors (Lipinski definition) is 3. The van der Waals surface area contributed by atoms with Crippen LogP contribution in [0.2, 0.25) is 0 Å². The van der Waals surface area contributed by atoms with Crippen molar-refractivity contribution in [2.45, 2.75) is 31.7 Å².